The minimum absolute atomic E-state index is 0.00601. The van der Waals surface area contributed by atoms with E-state index in [1.54, 1.807) is 6.07 Å². The van der Waals surface area contributed by atoms with Gasteiger partial charge in [0.2, 0.25) is 10.0 Å². The summed E-state index contributed by atoms with van der Waals surface area (Å²) in [6, 6.07) is 8.45. The number of sulfonamides is 1. The van der Waals surface area contributed by atoms with E-state index < -0.39 is 28.5 Å². The molecule has 0 atom stereocenters. The third kappa shape index (κ3) is 5.15. The van der Waals surface area contributed by atoms with Crippen LogP contribution in [-0.4, -0.2) is 45.3 Å². The Kier molecular flexibility index (Phi) is 7.30. The maximum Gasteiger partial charge on any atom is 0.341 e. The molecule has 0 radical (unpaired) electrons. The Balaban J connectivity index is 2.09. The molecule has 2 aromatic rings. The van der Waals surface area contributed by atoms with Crippen LogP contribution in [0.2, 0.25) is 15.1 Å². The maximum atomic E-state index is 12.3. The number of nitrogens with zero attached hydrogens (tertiary/aromatic N) is 1. The smallest absolute Gasteiger partial charge is 0.341 e. The van der Waals surface area contributed by atoms with Gasteiger partial charge in [0.15, 0.2) is 6.61 Å². The van der Waals surface area contributed by atoms with Gasteiger partial charge >= 0.3 is 5.97 Å². The number of halogens is 3. The third-order valence-corrected chi connectivity index (χ3v) is 6.40. The van der Waals surface area contributed by atoms with Crippen LogP contribution in [-0.2, 0) is 19.6 Å². The van der Waals surface area contributed by atoms with Crippen molar-refractivity contribution in [2.75, 3.05) is 26.0 Å². The number of nitrogens with one attached hydrogen (secondary N) is 1. The van der Waals surface area contributed by atoms with Crippen molar-refractivity contribution in [3.05, 3.63) is 57.0 Å². The molecule has 0 unspecified atom stereocenters. The molecule has 7 nitrogen and oxygen atoms in total. The molecule has 0 aliphatic heterocycles. The Morgan fingerprint density at radius 2 is 1.64 bits per heavy atom. The Labute approximate surface area is 177 Å². The fraction of sp³-hybridized carbons (Fsp3) is 0.176. The molecule has 1 N–H and O–H groups in total. The first-order valence-corrected chi connectivity index (χ1v) is 10.2. The van der Waals surface area contributed by atoms with E-state index in [2.05, 4.69) is 5.32 Å². The summed E-state index contributed by atoms with van der Waals surface area (Å²) >= 11 is 17.8. The lowest BCUT2D eigenvalue weighted by Gasteiger charge is -2.14. The van der Waals surface area contributed by atoms with Crippen LogP contribution in [0.4, 0.5) is 5.69 Å². The number of carbonyl (C=O) groups excluding carboxylic acids is 2. The van der Waals surface area contributed by atoms with Crippen LogP contribution in [0, 0.1) is 0 Å². The average Bonchev–Trinajstić information content (AvgIpc) is 2.61. The first-order valence-electron chi connectivity index (χ1n) is 7.67. The van der Waals surface area contributed by atoms with Crippen LogP contribution in [0.25, 0.3) is 0 Å². The lowest BCUT2D eigenvalue weighted by molar-refractivity contribution is -0.119. The Morgan fingerprint density at radius 3 is 2.21 bits per heavy atom. The van der Waals surface area contributed by atoms with Crippen LogP contribution >= 0.6 is 34.8 Å². The van der Waals surface area contributed by atoms with E-state index in [4.69, 9.17) is 39.5 Å². The molecule has 0 bridgehead atoms. The zero-order valence-corrected chi connectivity index (χ0v) is 17.8. The average molecular weight is 466 g/mol. The number of anilines is 1. The second-order valence-corrected chi connectivity index (χ2v) is 9.00. The second kappa shape index (κ2) is 9.11. The van der Waals surface area contributed by atoms with Crippen molar-refractivity contribution in [3.63, 3.8) is 0 Å². The first kappa shape index (κ1) is 22.4. The highest BCUT2D eigenvalue weighted by Gasteiger charge is 2.22. The van der Waals surface area contributed by atoms with Crippen LogP contribution < -0.4 is 5.32 Å². The number of carbonyl (C=O) groups is 2. The van der Waals surface area contributed by atoms with Crippen molar-refractivity contribution in [3.8, 4) is 0 Å². The molecule has 0 fully saturated rings. The zero-order valence-electron chi connectivity index (χ0n) is 14.7. The predicted molar refractivity (Wildman–Crippen MR) is 108 cm³/mol. The van der Waals surface area contributed by atoms with E-state index in [1.165, 1.54) is 44.4 Å². The lowest BCUT2D eigenvalue weighted by Crippen LogP contribution is -2.23. The number of benzene rings is 2. The summed E-state index contributed by atoms with van der Waals surface area (Å²) in [5.74, 6) is -1.55. The first-order chi connectivity index (χ1) is 13.0. The molecule has 11 heteroatoms. The van der Waals surface area contributed by atoms with E-state index in [1.807, 2.05) is 0 Å². The third-order valence-electron chi connectivity index (χ3n) is 3.47. The van der Waals surface area contributed by atoms with Gasteiger partial charge in [-0.25, -0.2) is 17.5 Å². The van der Waals surface area contributed by atoms with E-state index >= 15 is 0 Å². The fourth-order valence-corrected chi connectivity index (χ4v) is 4.01. The van der Waals surface area contributed by atoms with Gasteiger partial charge in [0.05, 0.1) is 20.6 Å². The molecule has 2 rings (SSSR count). The van der Waals surface area contributed by atoms with Crippen LogP contribution in [0.5, 0.6) is 0 Å². The van der Waals surface area contributed by atoms with Gasteiger partial charge in [-0.1, -0.05) is 40.9 Å². The van der Waals surface area contributed by atoms with E-state index in [-0.39, 0.29) is 31.2 Å². The van der Waals surface area contributed by atoms with Gasteiger partial charge in [-0.3, -0.25) is 4.79 Å². The van der Waals surface area contributed by atoms with Crippen LogP contribution in [0.3, 0.4) is 0 Å². The van der Waals surface area contributed by atoms with Crippen molar-refractivity contribution >= 4 is 62.4 Å². The number of ether oxygens (including phenoxy) is 1. The minimum Gasteiger partial charge on any atom is -0.452 e. The number of hydrogen-bond acceptors (Lipinski definition) is 5. The molecular weight excluding hydrogens is 451 g/mol. The molecule has 150 valence electrons. The quantitative estimate of drug-likeness (QED) is 0.657. The Hall–Kier alpha value is -1.84. The van der Waals surface area contributed by atoms with Crippen molar-refractivity contribution < 1.29 is 22.7 Å². The molecule has 0 aliphatic rings. The van der Waals surface area contributed by atoms with Gasteiger partial charge in [0, 0.05) is 19.8 Å². The summed E-state index contributed by atoms with van der Waals surface area (Å²) in [6.07, 6.45) is 0. The van der Waals surface area contributed by atoms with Gasteiger partial charge in [-0.15, -0.1) is 0 Å². The summed E-state index contributed by atoms with van der Waals surface area (Å²) < 4.78 is 30.4. The molecule has 0 saturated heterocycles. The fourth-order valence-electron chi connectivity index (χ4n) is 2.07. The summed E-state index contributed by atoms with van der Waals surface area (Å²) in [6.45, 7) is -0.626. The highest BCUT2D eigenvalue weighted by molar-refractivity contribution is 7.89. The standard InChI is InChI=1S/C17H15Cl3N2O5S/c1-22(2)28(25,26)14-8-10(6-7-11(14)18)21-15(23)9-27-17(24)16-12(19)4-3-5-13(16)20/h3-8H,9H2,1-2H3,(H,21,23). The number of rotatable bonds is 6. The molecule has 28 heavy (non-hydrogen) atoms. The highest BCUT2D eigenvalue weighted by atomic mass is 35.5. The second-order valence-electron chi connectivity index (χ2n) is 5.65. The molecule has 0 aromatic heterocycles. The van der Waals surface area contributed by atoms with Crippen molar-refractivity contribution in [2.24, 2.45) is 0 Å². The molecule has 0 saturated carbocycles. The molecule has 0 heterocycles. The van der Waals surface area contributed by atoms with E-state index in [0.29, 0.717) is 0 Å². The van der Waals surface area contributed by atoms with Gasteiger partial charge in [0.1, 0.15) is 4.90 Å². The monoisotopic (exact) mass is 464 g/mol. The summed E-state index contributed by atoms with van der Waals surface area (Å²) in [4.78, 5) is 24.0. The Bertz CT molecular complexity index is 1010. The molecule has 0 aliphatic carbocycles. The molecule has 2 aromatic carbocycles. The molecule has 0 spiro atoms. The van der Waals surface area contributed by atoms with Crippen LogP contribution in [0.15, 0.2) is 41.3 Å². The minimum atomic E-state index is -3.80. The zero-order chi connectivity index (χ0) is 21.1. The van der Waals surface area contributed by atoms with Gasteiger partial charge in [-0.05, 0) is 30.3 Å². The van der Waals surface area contributed by atoms with E-state index in [0.717, 1.165) is 4.31 Å². The van der Waals surface area contributed by atoms with E-state index in [9.17, 15) is 18.0 Å². The van der Waals surface area contributed by atoms with Crippen molar-refractivity contribution in [2.45, 2.75) is 4.90 Å². The SMILES string of the molecule is CN(C)S(=O)(=O)c1cc(NC(=O)COC(=O)c2c(Cl)cccc2Cl)ccc1Cl. The summed E-state index contributed by atoms with van der Waals surface area (Å²) in [7, 11) is -1.09. The van der Waals surface area contributed by atoms with Gasteiger partial charge in [0.25, 0.3) is 5.91 Å². The Morgan fingerprint density at radius 1 is 1.04 bits per heavy atom. The normalized spacial score (nSPS) is 11.4. The summed E-state index contributed by atoms with van der Waals surface area (Å²) in [5.41, 5.74) is 0.117. The van der Waals surface area contributed by atoms with Crippen molar-refractivity contribution in [1.82, 2.24) is 4.31 Å². The van der Waals surface area contributed by atoms with Gasteiger partial charge in [-0.2, -0.15) is 0 Å². The van der Waals surface area contributed by atoms with Crippen LogP contribution in [0.1, 0.15) is 10.4 Å². The molecular formula is C17H15Cl3N2O5S. The summed E-state index contributed by atoms with van der Waals surface area (Å²) in [5, 5.41) is 2.62. The van der Waals surface area contributed by atoms with Crippen molar-refractivity contribution in [1.29, 1.82) is 0 Å². The number of amides is 1. The predicted octanol–water partition coefficient (Wildman–Crippen LogP) is 3.69. The largest absolute Gasteiger partial charge is 0.452 e. The highest BCUT2D eigenvalue weighted by Crippen LogP contribution is 2.27. The number of hydrogen-bond donors (Lipinski definition) is 1. The lowest BCUT2D eigenvalue weighted by atomic mass is 10.2. The number of esters is 1. The topological polar surface area (TPSA) is 92.8 Å². The molecule has 1 amide bonds. The van der Waals surface area contributed by atoms with Gasteiger partial charge < -0.3 is 10.1 Å². The maximum absolute atomic E-state index is 12.3.